The Hall–Kier alpha value is -3.15. The largest absolute Gasteiger partial charge is 0.480 e. The summed E-state index contributed by atoms with van der Waals surface area (Å²) in [5, 5.41) is 2.48. The maximum atomic E-state index is 14.6. The van der Waals surface area contributed by atoms with E-state index >= 15 is 0 Å². The van der Waals surface area contributed by atoms with Gasteiger partial charge in [-0.2, -0.15) is 0 Å². The van der Waals surface area contributed by atoms with E-state index in [1.54, 1.807) is 0 Å². The molecule has 0 saturated heterocycles. The number of carbonyl (C=O) groups is 1. The van der Waals surface area contributed by atoms with E-state index in [1.165, 1.54) is 46.3 Å². The van der Waals surface area contributed by atoms with Crippen molar-refractivity contribution in [2.45, 2.75) is 31.1 Å². The van der Waals surface area contributed by atoms with Gasteiger partial charge in [-0.3, -0.25) is 9.79 Å². The lowest BCUT2D eigenvalue weighted by Crippen LogP contribution is -2.55. The first-order valence-electron chi connectivity index (χ1n) is 8.81. The molecule has 1 aliphatic heterocycles. The fraction of sp³-hybridized carbons (Fsp3) is 0.389. The number of pyridine rings is 1. The molecule has 0 spiro atoms. The fourth-order valence-electron chi connectivity index (χ4n) is 2.92. The van der Waals surface area contributed by atoms with Gasteiger partial charge in [0.05, 0.1) is 31.5 Å². The molecule has 0 unspecified atom stereocenters. The van der Waals surface area contributed by atoms with E-state index in [0.29, 0.717) is 0 Å². The third-order valence-corrected chi connectivity index (χ3v) is 7.69. The molecule has 3 rings (SSSR count). The van der Waals surface area contributed by atoms with Gasteiger partial charge in [-0.1, -0.05) is 0 Å². The number of nitrogens with one attached hydrogen (secondary N) is 1. The maximum Gasteiger partial charge on any atom is 0.277 e. The number of carbonyl (C=O) groups excluding carboxylic acids is 1. The summed E-state index contributed by atoms with van der Waals surface area (Å²) in [4.78, 5) is 28.3. The van der Waals surface area contributed by atoms with Crippen molar-refractivity contribution in [1.82, 2.24) is 15.0 Å². The quantitative estimate of drug-likeness (QED) is 0.722. The van der Waals surface area contributed by atoms with E-state index in [0.717, 1.165) is 6.20 Å². The van der Waals surface area contributed by atoms with E-state index in [1.807, 2.05) is 0 Å². The van der Waals surface area contributed by atoms with Crippen LogP contribution in [0.3, 0.4) is 0 Å². The Morgan fingerprint density at radius 2 is 1.90 bits per heavy atom. The number of ether oxygens (including phenoxy) is 1. The first-order valence-corrected chi connectivity index (χ1v) is 10.5. The number of hydrogen-bond acceptors (Lipinski definition) is 9. The van der Waals surface area contributed by atoms with Crippen molar-refractivity contribution < 1.29 is 22.3 Å². The lowest BCUT2D eigenvalue weighted by molar-refractivity contribution is 0.102. The number of nitrogens with zero attached hydrogens (tertiary/aromatic N) is 4. The Balaban J connectivity index is 1.95. The summed E-state index contributed by atoms with van der Waals surface area (Å²) in [6.07, 6.45) is 3.36. The number of amides is 1. The number of nitrogens with two attached hydrogens (primary N) is 1. The predicted molar refractivity (Wildman–Crippen MR) is 108 cm³/mol. The lowest BCUT2D eigenvalue weighted by atomic mass is 9.94. The fourth-order valence-corrected chi connectivity index (χ4v) is 4.60. The highest BCUT2D eigenvalue weighted by molar-refractivity contribution is 7.93. The van der Waals surface area contributed by atoms with E-state index in [2.05, 4.69) is 25.3 Å². The Morgan fingerprint density at radius 1 is 1.20 bits per heavy atom. The van der Waals surface area contributed by atoms with E-state index in [4.69, 9.17) is 10.5 Å². The van der Waals surface area contributed by atoms with E-state index in [-0.39, 0.29) is 28.8 Å². The minimum atomic E-state index is -3.73. The van der Waals surface area contributed by atoms with Gasteiger partial charge in [0, 0.05) is 5.56 Å². The maximum absolute atomic E-state index is 14.6. The highest BCUT2D eigenvalue weighted by atomic mass is 32.2. The zero-order chi connectivity index (χ0) is 22.3. The summed E-state index contributed by atoms with van der Waals surface area (Å²) in [5.41, 5.74) is 4.35. The first-order chi connectivity index (χ1) is 13.9. The third kappa shape index (κ3) is 3.70. The van der Waals surface area contributed by atoms with Crippen LogP contribution in [-0.2, 0) is 15.4 Å². The van der Waals surface area contributed by atoms with Gasteiger partial charge < -0.3 is 15.8 Å². The zero-order valence-corrected chi connectivity index (χ0v) is 17.6. The highest BCUT2D eigenvalue weighted by Gasteiger charge is 2.49. The summed E-state index contributed by atoms with van der Waals surface area (Å²) in [5.74, 6) is -1.75. The molecule has 0 radical (unpaired) electrons. The van der Waals surface area contributed by atoms with E-state index in [9.17, 15) is 17.6 Å². The SMILES string of the molecule is COc1cnc(C(=O)Nc2cc([C@@]3(C)CS(=O)(=O)C(C)(C)C(N)=N3)c(F)cn2)cn1. The van der Waals surface area contributed by atoms with Gasteiger partial charge in [0.1, 0.15) is 33.5 Å². The summed E-state index contributed by atoms with van der Waals surface area (Å²) < 4.78 is 43.6. The Morgan fingerprint density at radius 3 is 2.47 bits per heavy atom. The van der Waals surface area contributed by atoms with Gasteiger partial charge >= 0.3 is 0 Å². The molecule has 2 aromatic heterocycles. The number of amidine groups is 1. The van der Waals surface area contributed by atoms with Crippen LogP contribution in [0.5, 0.6) is 5.88 Å². The summed E-state index contributed by atoms with van der Waals surface area (Å²) in [6, 6.07) is 1.23. The number of sulfone groups is 1. The average molecular weight is 436 g/mol. The van der Waals surface area contributed by atoms with Crippen LogP contribution in [0.4, 0.5) is 10.2 Å². The Labute approximate surface area is 172 Å². The molecule has 1 amide bonds. The van der Waals surface area contributed by atoms with E-state index < -0.39 is 37.6 Å². The van der Waals surface area contributed by atoms with Crippen LogP contribution in [0, 0.1) is 5.82 Å². The number of aromatic nitrogens is 3. The van der Waals surface area contributed by atoms with Crippen molar-refractivity contribution in [2.24, 2.45) is 10.7 Å². The molecule has 30 heavy (non-hydrogen) atoms. The van der Waals surface area contributed by atoms with Crippen LogP contribution < -0.4 is 15.8 Å². The Bertz CT molecular complexity index is 1130. The molecule has 12 heteroatoms. The van der Waals surface area contributed by atoms with Crippen molar-refractivity contribution in [1.29, 1.82) is 0 Å². The van der Waals surface area contributed by atoms with Crippen LogP contribution in [0.1, 0.15) is 36.8 Å². The van der Waals surface area contributed by atoms with Crippen LogP contribution >= 0.6 is 0 Å². The summed E-state index contributed by atoms with van der Waals surface area (Å²) in [6.45, 7) is 4.36. The highest BCUT2D eigenvalue weighted by Crippen LogP contribution is 2.38. The van der Waals surface area contributed by atoms with Crippen molar-refractivity contribution in [3.8, 4) is 5.88 Å². The molecule has 0 aromatic carbocycles. The normalized spacial score (nSPS) is 22.1. The van der Waals surface area contributed by atoms with Gasteiger partial charge in [-0.25, -0.2) is 27.8 Å². The molecular weight excluding hydrogens is 415 g/mol. The minimum absolute atomic E-state index is 0.00811. The minimum Gasteiger partial charge on any atom is -0.480 e. The van der Waals surface area contributed by atoms with Crippen LogP contribution in [0.25, 0.3) is 0 Å². The summed E-state index contributed by atoms with van der Waals surface area (Å²) in [7, 11) is -2.32. The molecule has 0 fully saturated rings. The molecule has 160 valence electrons. The zero-order valence-electron chi connectivity index (χ0n) is 16.8. The molecule has 3 heterocycles. The molecule has 3 N–H and O–H groups in total. The monoisotopic (exact) mass is 436 g/mol. The number of methoxy groups -OCH3 is 1. The molecule has 1 aliphatic rings. The second kappa shape index (κ2) is 7.27. The molecular formula is C18H21FN6O4S. The standard InChI is InChI=1S/C18H21FN6O4S/c1-17(2)16(20)25-18(3,9-30(17,27)28)10-5-13(22-6-11(10)19)24-15(26)12-7-23-14(29-4)8-21-12/h5-8H,9H2,1-4H3,(H2,20,25)(H,22,24,26)/t18-/m1/s1. The molecule has 0 aliphatic carbocycles. The smallest absolute Gasteiger partial charge is 0.277 e. The number of halogens is 1. The second-order valence-corrected chi connectivity index (χ2v) is 10.0. The number of hydrogen-bond donors (Lipinski definition) is 2. The second-order valence-electron chi connectivity index (χ2n) is 7.49. The van der Waals surface area contributed by atoms with Crippen molar-refractivity contribution in [3.05, 3.63) is 41.7 Å². The van der Waals surface area contributed by atoms with Crippen LogP contribution in [-0.4, -0.2) is 52.7 Å². The molecule has 10 nitrogen and oxygen atoms in total. The molecule has 2 aromatic rings. The van der Waals surface area contributed by atoms with Gasteiger partial charge in [-0.15, -0.1) is 0 Å². The van der Waals surface area contributed by atoms with Gasteiger partial charge in [0.25, 0.3) is 5.91 Å². The molecule has 0 saturated carbocycles. The van der Waals surface area contributed by atoms with Gasteiger partial charge in [-0.05, 0) is 26.8 Å². The van der Waals surface area contributed by atoms with Crippen molar-refractivity contribution >= 4 is 27.4 Å². The summed E-state index contributed by atoms with van der Waals surface area (Å²) >= 11 is 0. The number of rotatable bonds is 4. The molecule has 1 atom stereocenters. The van der Waals surface area contributed by atoms with Crippen LogP contribution in [0.2, 0.25) is 0 Å². The average Bonchev–Trinajstić information content (AvgIpc) is 2.67. The predicted octanol–water partition coefficient (Wildman–Crippen LogP) is 1.05. The molecule has 0 bridgehead atoms. The third-order valence-electron chi connectivity index (χ3n) is 4.98. The lowest BCUT2D eigenvalue weighted by Gasteiger charge is -2.37. The van der Waals surface area contributed by atoms with Crippen molar-refractivity contribution in [3.63, 3.8) is 0 Å². The van der Waals surface area contributed by atoms with Crippen LogP contribution in [0.15, 0.2) is 29.6 Å². The Kier molecular flexibility index (Phi) is 5.23. The van der Waals surface area contributed by atoms with Gasteiger partial charge in [0.2, 0.25) is 5.88 Å². The number of aliphatic imine (C=N–C) groups is 1. The topological polar surface area (TPSA) is 150 Å². The first kappa shape index (κ1) is 21.6. The number of anilines is 1. The van der Waals surface area contributed by atoms with Gasteiger partial charge in [0.15, 0.2) is 9.84 Å². The van der Waals surface area contributed by atoms with Crippen molar-refractivity contribution in [2.75, 3.05) is 18.2 Å².